The SMILES string of the molecule is CCCNC(c1cc(Br)c(Br)s1)c1cc(Cl)ccc1I. The van der Waals surface area contributed by atoms with Crippen LogP contribution < -0.4 is 5.32 Å². The van der Waals surface area contributed by atoms with Crippen LogP contribution in [0, 0.1) is 3.57 Å². The smallest absolute Gasteiger partial charge is 0.0843 e. The maximum Gasteiger partial charge on any atom is 0.0843 e. The molecule has 0 aliphatic rings. The highest BCUT2D eigenvalue weighted by Gasteiger charge is 2.19. The summed E-state index contributed by atoms with van der Waals surface area (Å²) in [5.74, 6) is 0. The summed E-state index contributed by atoms with van der Waals surface area (Å²) in [6, 6.07) is 8.39. The minimum absolute atomic E-state index is 0.174. The number of halogens is 4. The largest absolute Gasteiger partial charge is 0.306 e. The molecule has 0 fully saturated rings. The van der Waals surface area contributed by atoms with Crippen LogP contribution in [0.5, 0.6) is 0 Å². The molecule has 1 atom stereocenters. The van der Waals surface area contributed by atoms with Crippen LogP contribution in [0.25, 0.3) is 0 Å². The van der Waals surface area contributed by atoms with Crippen LogP contribution >= 0.6 is 77.4 Å². The molecule has 0 aliphatic heterocycles. The van der Waals surface area contributed by atoms with Crippen molar-refractivity contribution in [1.29, 1.82) is 0 Å². The summed E-state index contributed by atoms with van der Waals surface area (Å²) in [6.07, 6.45) is 1.10. The maximum absolute atomic E-state index is 6.17. The van der Waals surface area contributed by atoms with E-state index in [1.54, 1.807) is 11.3 Å². The van der Waals surface area contributed by atoms with Crippen LogP contribution in [-0.2, 0) is 0 Å². The molecule has 0 saturated heterocycles. The van der Waals surface area contributed by atoms with Gasteiger partial charge in [-0.3, -0.25) is 0 Å². The summed E-state index contributed by atoms with van der Waals surface area (Å²) in [4.78, 5) is 1.28. The Morgan fingerprint density at radius 3 is 2.70 bits per heavy atom. The molecule has 1 aromatic heterocycles. The molecule has 0 radical (unpaired) electrons. The number of hydrogen-bond acceptors (Lipinski definition) is 2. The van der Waals surface area contributed by atoms with E-state index in [2.05, 4.69) is 84.9 Å². The molecule has 1 nitrogen and oxygen atoms in total. The normalized spacial score (nSPS) is 12.7. The van der Waals surface area contributed by atoms with Gasteiger partial charge in [-0.05, 0) is 97.2 Å². The number of thiophene rings is 1. The van der Waals surface area contributed by atoms with Crippen molar-refractivity contribution in [3.63, 3.8) is 0 Å². The van der Waals surface area contributed by atoms with Crippen molar-refractivity contribution in [2.24, 2.45) is 0 Å². The Labute approximate surface area is 158 Å². The molecule has 0 bridgehead atoms. The zero-order valence-electron chi connectivity index (χ0n) is 10.7. The van der Waals surface area contributed by atoms with Gasteiger partial charge in [-0.1, -0.05) is 18.5 Å². The van der Waals surface area contributed by atoms with Crippen molar-refractivity contribution in [1.82, 2.24) is 5.32 Å². The van der Waals surface area contributed by atoms with Crippen molar-refractivity contribution in [2.75, 3.05) is 6.54 Å². The molecule has 0 amide bonds. The number of benzene rings is 1. The molecular formula is C14H13Br2ClINS. The highest BCUT2D eigenvalue weighted by atomic mass is 127. The average molecular weight is 549 g/mol. The summed E-state index contributed by atoms with van der Waals surface area (Å²) >= 11 is 17.4. The topological polar surface area (TPSA) is 12.0 Å². The monoisotopic (exact) mass is 547 g/mol. The predicted molar refractivity (Wildman–Crippen MR) is 104 cm³/mol. The molecule has 1 heterocycles. The second kappa shape index (κ2) is 7.92. The zero-order chi connectivity index (χ0) is 14.7. The average Bonchev–Trinajstić information content (AvgIpc) is 2.74. The Bertz CT molecular complexity index is 583. The third-order valence-electron chi connectivity index (χ3n) is 2.82. The van der Waals surface area contributed by atoms with Crippen LogP contribution in [0.3, 0.4) is 0 Å². The Kier molecular flexibility index (Phi) is 6.82. The standard InChI is InChI=1S/C14H13Br2ClINS/c1-2-5-19-13(12-7-10(15)14(16)20-12)9-6-8(17)3-4-11(9)18/h3-4,6-7,13,19H,2,5H2,1H3. The van der Waals surface area contributed by atoms with Crippen molar-refractivity contribution >= 4 is 77.4 Å². The van der Waals surface area contributed by atoms with Gasteiger partial charge in [-0.15, -0.1) is 11.3 Å². The molecule has 1 N–H and O–H groups in total. The first-order valence-electron chi connectivity index (χ1n) is 6.16. The molecule has 0 saturated carbocycles. The second-order valence-electron chi connectivity index (χ2n) is 4.32. The highest BCUT2D eigenvalue weighted by Crippen LogP contribution is 2.39. The minimum Gasteiger partial charge on any atom is -0.306 e. The van der Waals surface area contributed by atoms with E-state index in [1.807, 2.05) is 6.07 Å². The maximum atomic E-state index is 6.17. The van der Waals surface area contributed by atoms with Crippen LogP contribution in [0.1, 0.15) is 29.8 Å². The van der Waals surface area contributed by atoms with Gasteiger partial charge >= 0.3 is 0 Å². The first kappa shape index (κ1) is 17.2. The first-order valence-corrected chi connectivity index (χ1v) is 10.0. The van der Waals surface area contributed by atoms with Gasteiger partial charge < -0.3 is 5.32 Å². The van der Waals surface area contributed by atoms with Crippen molar-refractivity contribution in [3.8, 4) is 0 Å². The van der Waals surface area contributed by atoms with Crippen molar-refractivity contribution < 1.29 is 0 Å². The Hall–Kier alpha value is 0.860. The van der Waals surface area contributed by atoms with Crippen LogP contribution in [0.15, 0.2) is 32.5 Å². The van der Waals surface area contributed by atoms with E-state index in [-0.39, 0.29) is 6.04 Å². The second-order valence-corrected chi connectivity index (χ2v) is 9.18. The van der Waals surface area contributed by atoms with Gasteiger partial charge in [0.2, 0.25) is 0 Å². The minimum atomic E-state index is 0.174. The third-order valence-corrected chi connectivity index (χ3v) is 7.35. The summed E-state index contributed by atoms with van der Waals surface area (Å²) in [5.41, 5.74) is 1.23. The summed E-state index contributed by atoms with van der Waals surface area (Å²) in [6.45, 7) is 3.15. The van der Waals surface area contributed by atoms with Gasteiger partial charge in [0.15, 0.2) is 0 Å². The summed E-state index contributed by atoms with van der Waals surface area (Å²) in [5, 5.41) is 4.39. The van der Waals surface area contributed by atoms with Gasteiger partial charge in [-0.2, -0.15) is 0 Å². The van der Waals surface area contributed by atoms with Gasteiger partial charge in [0.1, 0.15) is 0 Å². The lowest BCUT2D eigenvalue weighted by atomic mass is 10.1. The lowest BCUT2D eigenvalue weighted by Crippen LogP contribution is -2.23. The molecule has 6 heteroatoms. The number of hydrogen-bond donors (Lipinski definition) is 1. The van der Waals surface area contributed by atoms with E-state index in [4.69, 9.17) is 11.6 Å². The van der Waals surface area contributed by atoms with E-state index >= 15 is 0 Å². The lowest BCUT2D eigenvalue weighted by molar-refractivity contribution is 0.604. The molecule has 20 heavy (non-hydrogen) atoms. The Balaban J connectivity index is 2.43. The Morgan fingerprint density at radius 1 is 1.35 bits per heavy atom. The molecule has 2 aromatic rings. The van der Waals surface area contributed by atoms with Gasteiger partial charge in [0.25, 0.3) is 0 Å². The van der Waals surface area contributed by atoms with Crippen LogP contribution in [-0.4, -0.2) is 6.54 Å². The molecule has 1 aromatic carbocycles. The van der Waals surface area contributed by atoms with E-state index in [9.17, 15) is 0 Å². The third kappa shape index (κ3) is 4.20. The summed E-state index contributed by atoms with van der Waals surface area (Å²) in [7, 11) is 0. The van der Waals surface area contributed by atoms with E-state index < -0.39 is 0 Å². The molecular weight excluding hydrogens is 536 g/mol. The van der Waals surface area contributed by atoms with Crippen LogP contribution in [0.4, 0.5) is 0 Å². The fraction of sp³-hybridized carbons (Fsp3) is 0.286. The Morgan fingerprint density at radius 2 is 2.10 bits per heavy atom. The van der Waals surface area contributed by atoms with E-state index in [0.717, 1.165) is 26.2 Å². The highest BCUT2D eigenvalue weighted by molar-refractivity contribution is 14.1. The molecule has 0 aliphatic carbocycles. The van der Waals surface area contributed by atoms with Crippen LogP contribution in [0.2, 0.25) is 5.02 Å². The molecule has 108 valence electrons. The predicted octanol–water partition coefficient (Wildman–Crippen LogP) is 6.62. The first-order chi connectivity index (χ1) is 9.52. The fourth-order valence-electron chi connectivity index (χ4n) is 1.89. The van der Waals surface area contributed by atoms with Crippen molar-refractivity contribution in [2.45, 2.75) is 19.4 Å². The molecule has 1 unspecified atom stereocenters. The fourth-order valence-corrected chi connectivity index (χ4v) is 4.91. The van der Waals surface area contributed by atoms with E-state index in [1.165, 1.54) is 14.0 Å². The lowest BCUT2D eigenvalue weighted by Gasteiger charge is -2.19. The van der Waals surface area contributed by atoms with Gasteiger partial charge in [0.05, 0.1) is 9.83 Å². The molecule has 0 spiro atoms. The molecule has 2 rings (SSSR count). The zero-order valence-corrected chi connectivity index (χ0v) is 17.6. The van der Waals surface area contributed by atoms with Gasteiger partial charge in [0, 0.05) is 17.9 Å². The number of rotatable bonds is 5. The van der Waals surface area contributed by atoms with Gasteiger partial charge in [-0.25, -0.2) is 0 Å². The summed E-state index contributed by atoms with van der Waals surface area (Å²) < 4.78 is 3.44. The van der Waals surface area contributed by atoms with E-state index in [0.29, 0.717) is 0 Å². The number of nitrogens with one attached hydrogen (secondary N) is 1. The van der Waals surface area contributed by atoms with Crippen molar-refractivity contribution in [3.05, 3.63) is 51.6 Å². The quantitative estimate of drug-likeness (QED) is 0.414.